The molecular formula is C18H23N3O3. The first kappa shape index (κ1) is 16.5. The summed E-state index contributed by atoms with van der Waals surface area (Å²) in [6.07, 6.45) is 1.85. The quantitative estimate of drug-likeness (QED) is 0.807. The van der Waals surface area contributed by atoms with Gasteiger partial charge in [0, 0.05) is 24.5 Å². The predicted molar refractivity (Wildman–Crippen MR) is 92.0 cm³/mol. The molecule has 0 spiro atoms. The van der Waals surface area contributed by atoms with Gasteiger partial charge in [-0.1, -0.05) is 0 Å². The normalized spacial score (nSPS) is 14.7. The van der Waals surface area contributed by atoms with E-state index in [-0.39, 0.29) is 5.97 Å². The summed E-state index contributed by atoms with van der Waals surface area (Å²) < 4.78 is 12.5. The van der Waals surface area contributed by atoms with Gasteiger partial charge in [-0.3, -0.25) is 0 Å². The molecule has 6 heteroatoms. The molecule has 1 fully saturated rings. The molecule has 0 amide bonds. The fourth-order valence-electron chi connectivity index (χ4n) is 3.07. The Labute approximate surface area is 142 Å². The first-order valence-electron chi connectivity index (χ1n) is 8.27. The van der Waals surface area contributed by atoms with E-state index in [2.05, 4.69) is 9.88 Å². The highest BCUT2D eigenvalue weighted by molar-refractivity contribution is 5.91. The molecule has 1 saturated heterocycles. The van der Waals surface area contributed by atoms with Crippen molar-refractivity contribution in [2.45, 2.75) is 20.8 Å². The average Bonchev–Trinajstić information content (AvgIpc) is 2.91. The van der Waals surface area contributed by atoms with Crippen LogP contribution in [-0.2, 0) is 9.47 Å². The molecule has 2 aromatic heterocycles. The number of pyridine rings is 1. The van der Waals surface area contributed by atoms with Crippen LogP contribution in [0.5, 0.6) is 0 Å². The number of ether oxygens (including phenoxy) is 2. The van der Waals surface area contributed by atoms with E-state index in [9.17, 15) is 4.79 Å². The lowest BCUT2D eigenvalue weighted by molar-refractivity contribution is 0.0525. The van der Waals surface area contributed by atoms with E-state index in [1.165, 1.54) is 0 Å². The molecule has 1 aliphatic heterocycles. The zero-order valence-electron chi connectivity index (χ0n) is 14.4. The number of aromatic nitrogens is 2. The lowest BCUT2D eigenvalue weighted by atomic mass is 10.2. The fourth-order valence-corrected chi connectivity index (χ4v) is 3.07. The van der Waals surface area contributed by atoms with E-state index < -0.39 is 0 Å². The number of hydrogen-bond acceptors (Lipinski definition) is 5. The molecule has 0 aromatic carbocycles. The number of aryl methyl sites for hydroxylation is 1. The van der Waals surface area contributed by atoms with Crippen molar-refractivity contribution in [2.24, 2.45) is 0 Å². The zero-order valence-corrected chi connectivity index (χ0v) is 14.4. The summed E-state index contributed by atoms with van der Waals surface area (Å²) in [6.45, 7) is 9.29. The minimum atomic E-state index is -0.283. The van der Waals surface area contributed by atoms with Crippen LogP contribution in [0.15, 0.2) is 24.4 Å². The summed E-state index contributed by atoms with van der Waals surface area (Å²) in [5.74, 6) is 0.671. The SMILES string of the molecule is CCOC(=O)c1cc(C)n(-c2ccc(N3CCOCC3)nc2)c1C. The van der Waals surface area contributed by atoms with Crippen LogP contribution in [0.3, 0.4) is 0 Å². The Kier molecular flexibility index (Phi) is 4.85. The van der Waals surface area contributed by atoms with Gasteiger partial charge in [0.25, 0.3) is 0 Å². The Morgan fingerprint density at radius 1 is 1.29 bits per heavy atom. The van der Waals surface area contributed by atoms with Gasteiger partial charge in [0.05, 0.1) is 37.3 Å². The topological polar surface area (TPSA) is 56.6 Å². The van der Waals surface area contributed by atoms with E-state index >= 15 is 0 Å². The lowest BCUT2D eigenvalue weighted by Crippen LogP contribution is -2.36. The van der Waals surface area contributed by atoms with Crippen LogP contribution in [0.25, 0.3) is 5.69 Å². The van der Waals surface area contributed by atoms with Gasteiger partial charge in [0.1, 0.15) is 5.82 Å². The second-order valence-electron chi connectivity index (χ2n) is 5.81. The van der Waals surface area contributed by atoms with Gasteiger partial charge in [-0.25, -0.2) is 9.78 Å². The van der Waals surface area contributed by atoms with Crippen molar-refractivity contribution in [3.05, 3.63) is 41.3 Å². The van der Waals surface area contributed by atoms with E-state index in [4.69, 9.17) is 9.47 Å². The third kappa shape index (κ3) is 3.14. The van der Waals surface area contributed by atoms with Crippen molar-refractivity contribution in [2.75, 3.05) is 37.8 Å². The number of rotatable bonds is 4. The monoisotopic (exact) mass is 329 g/mol. The van der Waals surface area contributed by atoms with E-state index in [1.54, 1.807) is 0 Å². The highest BCUT2D eigenvalue weighted by atomic mass is 16.5. The molecule has 0 unspecified atom stereocenters. The first-order chi connectivity index (χ1) is 11.6. The minimum absolute atomic E-state index is 0.283. The van der Waals surface area contributed by atoms with Gasteiger partial charge in [-0.15, -0.1) is 0 Å². The van der Waals surface area contributed by atoms with Gasteiger partial charge < -0.3 is 18.9 Å². The number of morpholine rings is 1. The number of esters is 1. The highest BCUT2D eigenvalue weighted by Gasteiger charge is 2.18. The van der Waals surface area contributed by atoms with Crippen molar-refractivity contribution >= 4 is 11.8 Å². The lowest BCUT2D eigenvalue weighted by Gasteiger charge is -2.27. The van der Waals surface area contributed by atoms with Crippen LogP contribution in [0, 0.1) is 13.8 Å². The third-order valence-corrected chi connectivity index (χ3v) is 4.25. The molecule has 2 aromatic rings. The molecule has 24 heavy (non-hydrogen) atoms. The van der Waals surface area contributed by atoms with Crippen LogP contribution >= 0.6 is 0 Å². The van der Waals surface area contributed by atoms with Gasteiger partial charge in [-0.05, 0) is 39.0 Å². The van der Waals surface area contributed by atoms with Gasteiger partial charge in [0.2, 0.25) is 0 Å². The second-order valence-corrected chi connectivity index (χ2v) is 5.81. The molecule has 128 valence electrons. The summed E-state index contributed by atoms with van der Waals surface area (Å²) in [6, 6.07) is 5.92. The van der Waals surface area contributed by atoms with Crippen LogP contribution in [0.1, 0.15) is 28.7 Å². The number of carbonyl (C=O) groups excluding carboxylic acids is 1. The maximum absolute atomic E-state index is 12.1. The van der Waals surface area contributed by atoms with E-state index in [0.29, 0.717) is 12.2 Å². The largest absolute Gasteiger partial charge is 0.462 e. The van der Waals surface area contributed by atoms with Gasteiger partial charge in [0.15, 0.2) is 0 Å². The molecule has 0 radical (unpaired) electrons. The van der Waals surface area contributed by atoms with E-state index in [0.717, 1.165) is 49.2 Å². The van der Waals surface area contributed by atoms with E-state index in [1.807, 2.05) is 49.7 Å². The highest BCUT2D eigenvalue weighted by Crippen LogP contribution is 2.22. The van der Waals surface area contributed by atoms with Crippen LogP contribution in [-0.4, -0.2) is 48.4 Å². The standard InChI is InChI=1S/C18H23N3O3/c1-4-24-18(22)16-11-13(2)21(14(16)3)15-5-6-17(19-12-15)20-7-9-23-10-8-20/h5-6,11-12H,4,7-10H2,1-3H3. The Morgan fingerprint density at radius 3 is 2.67 bits per heavy atom. The predicted octanol–water partition coefficient (Wildman–Crippen LogP) is 2.50. The molecule has 0 bridgehead atoms. The summed E-state index contributed by atoms with van der Waals surface area (Å²) in [7, 11) is 0. The summed E-state index contributed by atoms with van der Waals surface area (Å²) >= 11 is 0. The van der Waals surface area contributed by atoms with Gasteiger partial charge in [-0.2, -0.15) is 0 Å². The van der Waals surface area contributed by atoms with Crippen molar-refractivity contribution < 1.29 is 14.3 Å². The summed E-state index contributed by atoms with van der Waals surface area (Å²) in [5.41, 5.74) is 3.40. The van der Waals surface area contributed by atoms with Crippen molar-refractivity contribution in [1.82, 2.24) is 9.55 Å². The fraction of sp³-hybridized carbons (Fsp3) is 0.444. The van der Waals surface area contributed by atoms with Crippen LogP contribution in [0.4, 0.5) is 5.82 Å². The zero-order chi connectivity index (χ0) is 17.1. The number of nitrogens with zero attached hydrogens (tertiary/aromatic N) is 3. The molecular weight excluding hydrogens is 306 g/mol. The molecule has 0 N–H and O–H groups in total. The molecule has 0 atom stereocenters. The third-order valence-electron chi connectivity index (χ3n) is 4.25. The van der Waals surface area contributed by atoms with Gasteiger partial charge >= 0.3 is 5.97 Å². The maximum atomic E-state index is 12.1. The smallest absolute Gasteiger partial charge is 0.339 e. The number of anilines is 1. The van der Waals surface area contributed by atoms with Crippen LogP contribution < -0.4 is 4.90 Å². The van der Waals surface area contributed by atoms with Crippen molar-refractivity contribution in [1.29, 1.82) is 0 Å². The Morgan fingerprint density at radius 2 is 2.04 bits per heavy atom. The average molecular weight is 329 g/mol. The summed E-state index contributed by atoms with van der Waals surface area (Å²) in [4.78, 5) is 18.9. The van der Waals surface area contributed by atoms with Crippen molar-refractivity contribution in [3.8, 4) is 5.69 Å². The molecule has 3 heterocycles. The first-order valence-corrected chi connectivity index (χ1v) is 8.27. The number of hydrogen-bond donors (Lipinski definition) is 0. The molecule has 1 aliphatic rings. The van der Waals surface area contributed by atoms with Crippen LogP contribution in [0.2, 0.25) is 0 Å². The second kappa shape index (κ2) is 7.05. The molecule has 0 aliphatic carbocycles. The maximum Gasteiger partial charge on any atom is 0.339 e. The molecule has 6 nitrogen and oxygen atoms in total. The van der Waals surface area contributed by atoms with Crippen molar-refractivity contribution in [3.63, 3.8) is 0 Å². The minimum Gasteiger partial charge on any atom is -0.462 e. The summed E-state index contributed by atoms with van der Waals surface area (Å²) in [5, 5.41) is 0. The number of carbonyl (C=O) groups is 1. The Balaban J connectivity index is 1.87. The Bertz CT molecular complexity index is 716. The Hall–Kier alpha value is -2.34. The molecule has 3 rings (SSSR count). The molecule has 0 saturated carbocycles.